The quantitative estimate of drug-likeness (QED) is 0.735. The van der Waals surface area contributed by atoms with Crippen LogP contribution in [0.1, 0.15) is 11.3 Å². The van der Waals surface area contributed by atoms with Gasteiger partial charge in [-0.2, -0.15) is 5.10 Å². The normalized spacial score (nSPS) is 10.8. The van der Waals surface area contributed by atoms with E-state index in [2.05, 4.69) is 15.5 Å². The molecule has 7 nitrogen and oxygen atoms in total. The van der Waals surface area contributed by atoms with Crippen LogP contribution in [0.4, 0.5) is 0 Å². The lowest BCUT2D eigenvalue weighted by Crippen LogP contribution is -2.39. The van der Waals surface area contributed by atoms with Gasteiger partial charge in [0.1, 0.15) is 0 Å². The molecular weight excluding hydrogens is 234 g/mol. The lowest BCUT2D eigenvalue weighted by atomic mass is 10.3. The number of hydrogen-bond acceptors (Lipinski definition) is 4. The molecular formula is C11H15N5O2. The van der Waals surface area contributed by atoms with Crippen LogP contribution in [0.3, 0.4) is 0 Å². The van der Waals surface area contributed by atoms with E-state index in [0.29, 0.717) is 18.7 Å². The number of aryl methyl sites for hydroxylation is 1. The van der Waals surface area contributed by atoms with Gasteiger partial charge in [-0.1, -0.05) is 0 Å². The van der Waals surface area contributed by atoms with E-state index in [-0.39, 0.29) is 11.2 Å². The largest absolute Gasteiger partial charge is 0.330 e. The van der Waals surface area contributed by atoms with Crippen LogP contribution < -0.4 is 16.6 Å². The molecule has 2 aromatic rings. The summed E-state index contributed by atoms with van der Waals surface area (Å²) in [5, 5.41) is 9.77. The molecule has 0 spiro atoms. The fourth-order valence-electron chi connectivity index (χ4n) is 1.72. The molecule has 0 bridgehead atoms. The van der Waals surface area contributed by atoms with Crippen molar-refractivity contribution in [3.05, 3.63) is 50.6 Å². The Kier molecular flexibility index (Phi) is 3.42. The number of rotatable bonds is 4. The molecule has 0 aliphatic carbocycles. The smallest absolute Gasteiger partial charge is 0.307 e. The van der Waals surface area contributed by atoms with Crippen LogP contribution in [0.25, 0.3) is 0 Å². The Balaban J connectivity index is 2.10. The molecule has 2 heterocycles. The predicted octanol–water partition coefficient (Wildman–Crippen LogP) is -0.903. The minimum absolute atomic E-state index is 0.268. The number of aromatic nitrogens is 4. The first-order valence-corrected chi connectivity index (χ1v) is 5.54. The molecule has 0 fully saturated rings. The molecule has 96 valence electrons. The van der Waals surface area contributed by atoms with Gasteiger partial charge in [-0.05, 0) is 6.07 Å². The third kappa shape index (κ3) is 2.40. The van der Waals surface area contributed by atoms with Crippen molar-refractivity contribution in [2.75, 3.05) is 0 Å². The maximum Gasteiger partial charge on any atom is 0.330 e. The van der Waals surface area contributed by atoms with E-state index in [1.165, 1.54) is 11.6 Å². The molecule has 0 atom stereocenters. The van der Waals surface area contributed by atoms with Crippen LogP contribution in [0.5, 0.6) is 0 Å². The molecule has 0 radical (unpaired) electrons. The van der Waals surface area contributed by atoms with E-state index in [9.17, 15) is 9.59 Å². The van der Waals surface area contributed by atoms with Gasteiger partial charge < -0.3 is 9.88 Å². The van der Waals surface area contributed by atoms with E-state index >= 15 is 0 Å². The third-order valence-corrected chi connectivity index (χ3v) is 2.71. The second-order valence-corrected chi connectivity index (χ2v) is 4.10. The number of aromatic amines is 1. The highest BCUT2D eigenvalue weighted by Crippen LogP contribution is 1.92. The zero-order valence-corrected chi connectivity index (χ0v) is 10.3. The van der Waals surface area contributed by atoms with Crippen LogP contribution in [-0.4, -0.2) is 19.3 Å². The monoisotopic (exact) mass is 249 g/mol. The highest BCUT2D eigenvalue weighted by Gasteiger charge is 2.06. The fourth-order valence-corrected chi connectivity index (χ4v) is 1.72. The van der Waals surface area contributed by atoms with Gasteiger partial charge in [0.15, 0.2) is 0 Å². The van der Waals surface area contributed by atoms with Crippen molar-refractivity contribution < 1.29 is 0 Å². The summed E-state index contributed by atoms with van der Waals surface area (Å²) in [5.41, 5.74) is 0.906. The Bertz CT molecular complexity index is 638. The van der Waals surface area contributed by atoms with Gasteiger partial charge in [0.2, 0.25) is 0 Å². The Morgan fingerprint density at radius 2 is 2.11 bits per heavy atom. The minimum atomic E-state index is -0.322. The van der Waals surface area contributed by atoms with Crippen molar-refractivity contribution >= 4 is 0 Å². The summed E-state index contributed by atoms with van der Waals surface area (Å²) >= 11 is 0. The van der Waals surface area contributed by atoms with Crippen molar-refractivity contribution in [2.45, 2.75) is 13.1 Å². The third-order valence-electron chi connectivity index (χ3n) is 2.71. The van der Waals surface area contributed by atoms with E-state index in [0.717, 1.165) is 10.3 Å². The number of nitrogens with zero attached hydrogens (tertiary/aromatic N) is 3. The second-order valence-electron chi connectivity index (χ2n) is 4.10. The van der Waals surface area contributed by atoms with Gasteiger partial charge in [0.05, 0.1) is 0 Å². The summed E-state index contributed by atoms with van der Waals surface area (Å²) in [5.74, 6) is 0. The molecule has 2 rings (SSSR count). The molecule has 0 aromatic carbocycles. The maximum absolute atomic E-state index is 11.8. The van der Waals surface area contributed by atoms with Crippen molar-refractivity contribution in [1.82, 2.24) is 24.6 Å². The van der Waals surface area contributed by atoms with Crippen LogP contribution in [-0.2, 0) is 27.2 Å². The van der Waals surface area contributed by atoms with Gasteiger partial charge in [0.25, 0.3) is 5.56 Å². The zero-order chi connectivity index (χ0) is 13.1. The average molecular weight is 249 g/mol. The minimum Gasteiger partial charge on any atom is -0.307 e. The first kappa shape index (κ1) is 12.3. The molecule has 0 saturated carbocycles. The standard InChI is InChI=1S/C11H15N5O2/c1-15-7-8(10(17)16(2)11(15)18)5-12-6-9-3-4-13-14-9/h3-4,7,12H,5-6H2,1-2H3,(H,13,14). The number of nitrogens with one attached hydrogen (secondary N) is 2. The van der Waals surface area contributed by atoms with E-state index < -0.39 is 0 Å². The summed E-state index contributed by atoms with van der Waals surface area (Å²) in [6, 6.07) is 1.85. The molecule has 7 heteroatoms. The Morgan fingerprint density at radius 3 is 2.78 bits per heavy atom. The molecule has 0 saturated heterocycles. The molecule has 18 heavy (non-hydrogen) atoms. The van der Waals surface area contributed by atoms with Crippen molar-refractivity contribution in [3.63, 3.8) is 0 Å². The van der Waals surface area contributed by atoms with Gasteiger partial charge in [-0.25, -0.2) is 4.79 Å². The molecule has 0 unspecified atom stereocenters. The highest BCUT2D eigenvalue weighted by atomic mass is 16.2. The van der Waals surface area contributed by atoms with Gasteiger partial charge >= 0.3 is 5.69 Å². The lowest BCUT2D eigenvalue weighted by molar-refractivity contribution is 0.625. The van der Waals surface area contributed by atoms with E-state index in [1.807, 2.05) is 6.07 Å². The SMILES string of the molecule is Cn1cc(CNCc2ccn[nH]2)c(=O)n(C)c1=O. The lowest BCUT2D eigenvalue weighted by Gasteiger charge is -2.07. The zero-order valence-electron chi connectivity index (χ0n) is 10.3. The molecule has 0 amide bonds. The van der Waals surface area contributed by atoms with Crippen LogP contribution >= 0.6 is 0 Å². The predicted molar refractivity (Wildman–Crippen MR) is 66.1 cm³/mol. The summed E-state index contributed by atoms with van der Waals surface area (Å²) < 4.78 is 2.50. The Labute approximate surface area is 103 Å². The topological polar surface area (TPSA) is 84.7 Å². The average Bonchev–Trinajstić information content (AvgIpc) is 2.86. The van der Waals surface area contributed by atoms with Crippen molar-refractivity contribution in [2.24, 2.45) is 14.1 Å². The van der Waals surface area contributed by atoms with Gasteiger partial charge in [-0.15, -0.1) is 0 Å². The van der Waals surface area contributed by atoms with Gasteiger partial charge in [-0.3, -0.25) is 14.5 Å². The second kappa shape index (κ2) is 5.01. The number of hydrogen-bond donors (Lipinski definition) is 2. The number of H-pyrrole nitrogens is 1. The van der Waals surface area contributed by atoms with Crippen LogP contribution in [0.15, 0.2) is 28.0 Å². The summed E-state index contributed by atoms with van der Waals surface area (Å²) in [7, 11) is 3.10. The highest BCUT2D eigenvalue weighted by molar-refractivity contribution is 5.06. The summed E-state index contributed by atoms with van der Waals surface area (Å²) in [6.45, 7) is 0.992. The first-order chi connectivity index (χ1) is 8.59. The van der Waals surface area contributed by atoms with E-state index in [4.69, 9.17) is 0 Å². The molecule has 0 aliphatic rings. The molecule has 2 aromatic heterocycles. The Morgan fingerprint density at radius 1 is 1.33 bits per heavy atom. The summed E-state index contributed by atoms with van der Waals surface area (Å²) in [6.07, 6.45) is 3.23. The van der Waals surface area contributed by atoms with Crippen molar-refractivity contribution in [3.8, 4) is 0 Å². The van der Waals surface area contributed by atoms with Crippen LogP contribution in [0, 0.1) is 0 Å². The first-order valence-electron chi connectivity index (χ1n) is 5.54. The van der Waals surface area contributed by atoms with Crippen molar-refractivity contribution in [1.29, 1.82) is 0 Å². The Hall–Kier alpha value is -2.15. The van der Waals surface area contributed by atoms with E-state index in [1.54, 1.807) is 19.4 Å². The van der Waals surface area contributed by atoms with Crippen LogP contribution in [0.2, 0.25) is 0 Å². The molecule has 2 N–H and O–H groups in total. The summed E-state index contributed by atoms with van der Waals surface area (Å²) in [4.78, 5) is 23.3. The molecule has 0 aliphatic heterocycles. The fraction of sp³-hybridized carbons (Fsp3) is 0.364. The van der Waals surface area contributed by atoms with Gasteiger partial charge in [0, 0.05) is 50.8 Å². The maximum atomic E-state index is 11.8.